The second kappa shape index (κ2) is 5.69. The van der Waals surface area contributed by atoms with E-state index in [4.69, 9.17) is 4.74 Å². The van der Waals surface area contributed by atoms with E-state index in [2.05, 4.69) is 22.5 Å². The molecule has 2 rings (SSSR count). The number of benzene rings is 1. The molecule has 1 atom stereocenters. The number of hydrogen-bond acceptors (Lipinski definition) is 3. The maximum Gasteiger partial charge on any atom is 0.118 e. The molecule has 4 heteroatoms. The summed E-state index contributed by atoms with van der Waals surface area (Å²) >= 11 is 0. The summed E-state index contributed by atoms with van der Waals surface area (Å²) in [6.45, 7) is 0. The molecule has 0 bridgehead atoms. The summed E-state index contributed by atoms with van der Waals surface area (Å²) in [5.41, 5.74) is 2.48. The lowest BCUT2D eigenvalue weighted by Crippen LogP contribution is -2.18. The Hall–Kier alpha value is -1.81. The Bertz CT molecular complexity index is 490. The molecule has 0 fully saturated rings. The molecule has 0 amide bonds. The van der Waals surface area contributed by atoms with Crippen LogP contribution in [-0.4, -0.2) is 23.9 Å². The van der Waals surface area contributed by atoms with Crippen molar-refractivity contribution in [2.45, 2.75) is 12.5 Å². The topological polar surface area (TPSA) is 39.1 Å². The average molecular weight is 245 g/mol. The van der Waals surface area contributed by atoms with Gasteiger partial charge in [-0.3, -0.25) is 4.68 Å². The number of aryl methyl sites for hydroxylation is 1. The first kappa shape index (κ1) is 12.6. The summed E-state index contributed by atoms with van der Waals surface area (Å²) in [5, 5.41) is 7.53. The Kier molecular flexibility index (Phi) is 3.99. The summed E-state index contributed by atoms with van der Waals surface area (Å²) in [4.78, 5) is 0. The molecular formula is C14H19N3O. The van der Waals surface area contributed by atoms with E-state index in [1.807, 2.05) is 43.3 Å². The van der Waals surface area contributed by atoms with E-state index in [0.717, 1.165) is 12.2 Å². The van der Waals surface area contributed by atoms with E-state index in [1.54, 1.807) is 7.11 Å². The van der Waals surface area contributed by atoms with Crippen molar-refractivity contribution in [3.8, 4) is 5.75 Å². The van der Waals surface area contributed by atoms with Crippen LogP contribution in [0.3, 0.4) is 0 Å². The smallest absolute Gasteiger partial charge is 0.118 e. The third-order valence-corrected chi connectivity index (χ3v) is 3.06. The van der Waals surface area contributed by atoms with Crippen molar-refractivity contribution < 1.29 is 4.74 Å². The fourth-order valence-electron chi connectivity index (χ4n) is 2.04. The number of ether oxygens (including phenoxy) is 1. The number of hydrogen-bond donors (Lipinski definition) is 1. The van der Waals surface area contributed by atoms with Gasteiger partial charge in [0.2, 0.25) is 0 Å². The first-order valence-electron chi connectivity index (χ1n) is 6.01. The molecule has 0 aliphatic carbocycles. The molecule has 1 aromatic heterocycles. The number of likely N-dealkylation sites (N-methyl/N-ethyl adjacent to an activating group) is 1. The minimum atomic E-state index is 0.292. The molecule has 1 heterocycles. The fourth-order valence-corrected chi connectivity index (χ4v) is 2.04. The second-order valence-corrected chi connectivity index (χ2v) is 4.34. The largest absolute Gasteiger partial charge is 0.497 e. The van der Waals surface area contributed by atoms with Crippen LogP contribution in [0, 0.1) is 0 Å². The molecule has 0 saturated heterocycles. The predicted molar refractivity (Wildman–Crippen MR) is 71.7 cm³/mol. The van der Waals surface area contributed by atoms with Crippen LogP contribution in [0.25, 0.3) is 0 Å². The minimum absolute atomic E-state index is 0.292. The Balaban J connectivity index is 2.12. The van der Waals surface area contributed by atoms with E-state index < -0.39 is 0 Å². The Labute approximate surface area is 108 Å². The molecule has 0 aliphatic heterocycles. The third kappa shape index (κ3) is 2.90. The Morgan fingerprint density at radius 3 is 2.56 bits per heavy atom. The van der Waals surface area contributed by atoms with Gasteiger partial charge in [-0.05, 0) is 36.7 Å². The highest BCUT2D eigenvalue weighted by molar-refractivity contribution is 5.30. The minimum Gasteiger partial charge on any atom is -0.497 e. The van der Waals surface area contributed by atoms with Gasteiger partial charge in [0.25, 0.3) is 0 Å². The number of rotatable bonds is 5. The van der Waals surface area contributed by atoms with Gasteiger partial charge in [-0.15, -0.1) is 0 Å². The lowest BCUT2D eigenvalue weighted by atomic mass is 10.0. The van der Waals surface area contributed by atoms with Crippen LogP contribution >= 0.6 is 0 Å². The van der Waals surface area contributed by atoms with Crippen molar-refractivity contribution in [3.63, 3.8) is 0 Å². The van der Waals surface area contributed by atoms with E-state index >= 15 is 0 Å². The predicted octanol–water partition coefficient (Wildman–Crippen LogP) is 1.93. The molecule has 1 aromatic carbocycles. The van der Waals surface area contributed by atoms with Gasteiger partial charge in [-0.2, -0.15) is 5.10 Å². The SMILES string of the molecule is CNC(Cc1cnn(C)c1)c1ccc(OC)cc1. The second-order valence-electron chi connectivity index (χ2n) is 4.34. The fraction of sp³-hybridized carbons (Fsp3) is 0.357. The van der Waals surface area contributed by atoms with Crippen LogP contribution in [-0.2, 0) is 13.5 Å². The molecule has 0 radical (unpaired) electrons. The Morgan fingerprint density at radius 2 is 2.06 bits per heavy atom. The molecule has 96 valence electrons. The number of nitrogens with one attached hydrogen (secondary N) is 1. The zero-order chi connectivity index (χ0) is 13.0. The molecule has 18 heavy (non-hydrogen) atoms. The van der Waals surface area contributed by atoms with Crippen molar-refractivity contribution >= 4 is 0 Å². The summed E-state index contributed by atoms with van der Waals surface area (Å²) in [7, 11) is 5.59. The molecule has 1 N–H and O–H groups in total. The van der Waals surface area contributed by atoms with Crippen LogP contribution in [0.1, 0.15) is 17.2 Å². The number of methoxy groups -OCH3 is 1. The quantitative estimate of drug-likeness (QED) is 0.875. The van der Waals surface area contributed by atoms with Gasteiger partial charge < -0.3 is 10.1 Å². The van der Waals surface area contributed by atoms with Gasteiger partial charge >= 0.3 is 0 Å². The standard InChI is InChI=1S/C14H19N3O/c1-15-14(8-11-9-16-17(2)10-11)12-4-6-13(18-3)7-5-12/h4-7,9-10,14-15H,8H2,1-3H3. The van der Waals surface area contributed by atoms with Crippen molar-refractivity contribution in [1.82, 2.24) is 15.1 Å². The summed E-state index contributed by atoms with van der Waals surface area (Å²) < 4.78 is 7.00. The maximum atomic E-state index is 5.17. The first-order valence-corrected chi connectivity index (χ1v) is 6.01. The third-order valence-electron chi connectivity index (χ3n) is 3.06. The van der Waals surface area contributed by atoms with Gasteiger partial charge in [0.05, 0.1) is 13.3 Å². The van der Waals surface area contributed by atoms with E-state index in [1.165, 1.54) is 11.1 Å². The first-order chi connectivity index (χ1) is 8.72. The molecule has 2 aromatic rings. The van der Waals surface area contributed by atoms with Crippen LogP contribution in [0.15, 0.2) is 36.7 Å². The van der Waals surface area contributed by atoms with E-state index in [-0.39, 0.29) is 0 Å². The van der Waals surface area contributed by atoms with Crippen LogP contribution < -0.4 is 10.1 Å². The van der Waals surface area contributed by atoms with Gasteiger partial charge in [0, 0.05) is 19.3 Å². The van der Waals surface area contributed by atoms with E-state index in [0.29, 0.717) is 6.04 Å². The van der Waals surface area contributed by atoms with E-state index in [9.17, 15) is 0 Å². The highest BCUT2D eigenvalue weighted by Gasteiger charge is 2.11. The highest BCUT2D eigenvalue weighted by atomic mass is 16.5. The van der Waals surface area contributed by atoms with Crippen LogP contribution in [0.4, 0.5) is 0 Å². The maximum absolute atomic E-state index is 5.17. The van der Waals surface area contributed by atoms with Gasteiger partial charge in [-0.1, -0.05) is 12.1 Å². The van der Waals surface area contributed by atoms with Crippen molar-refractivity contribution in [3.05, 3.63) is 47.8 Å². The Morgan fingerprint density at radius 1 is 1.33 bits per heavy atom. The zero-order valence-electron chi connectivity index (χ0n) is 11.1. The van der Waals surface area contributed by atoms with Crippen molar-refractivity contribution in [2.75, 3.05) is 14.2 Å². The molecule has 0 spiro atoms. The highest BCUT2D eigenvalue weighted by Crippen LogP contribution is 2.20. The van der Waals surface area contributed by atoms with Crippen LogP contribution in [0.5, 0.6) is 5.75 Å². The monoisotopic (exact) mass is 245 g/mol. The normalized spacial score (nSPS) is 12.4. The average Bonchev–Trinajstić information content (AvgIpc) is 2.82. The summed E-state index contributed by atoms with van der Waals surface area (Å²) in [5.74, 6) is 0.884. The number of aromatic nitrogens is 2. The summed E-state index contributed by atoms with van der Waals surface area (Å²) in [6.07, 6.45) is 4.89. The van der Waals surface area contributed by atoms with Gasteiger partial charge in [-0.25, -0.2) is 0 Å². The molecule has 4 nitrogen and oxygen atoms in total. The van der Waals surface area contributed by atoms with Crippen molar-refractivity contribution in [1.29, 1.82) is 0 Å². The van der Waals surface area contributed by atoms with Crippen LogP contribution in [0.2, 0.25) is 0 Å². The van der Waals surface area contributed by atoms with Gasteiger partial charge in [0.15, 0.2) is 0 Å². The van der Waals surface area contributed by atoms with Gasteiger partial charge in [0.1, 0.15) is 5.75 Å². The molecule has 0 aliphatic rings. The number of nitrogens with zero attached hydrogens (tertiary/aromatic N) is 2. The lowest BCUT2D eigenvalue weighted by molar-refractivity contribution is 0.414. The molecular weight excluding hydrogens is 226 g/mol. The summed E-state index contributed by atoms with van der Waals surface area (Å²) in [6, 6.07) is 8.46. The molecule has 1 unspecified atom stereocenters. The zero-order valence-corrected chi connectivity index (χ0v) is 11.1. The lowest BCUT2D eigenvalue weighted by Gasteiger charge is -2.16. The molecule has 0 saturated carbocycles. The van der Waals surface area contributed by atoms with Crippen molar-refractivity contribution in [2.24, 2.45) is 7.05 Å².